The van der Waals surface area contributed by atoms with Crippen LogP contribution in [0, 0.1) is 5.41 Å². The van der Waals surface area contributed by atoms with Crippen LogP contribution in [0.15, 0.2) is 18.2 Å². The Labute approximate surface area is 225 Å². The number of nitrogens with two attached hydrogens (primary N) is 1. The van der Waals surface area contributed by atoms with E-state index in [1.54, 1.807) is 0 Å². The number of primary amides is 1. The first-order valence-electron chi connectivity index (χ1n) is 14.0. The van der Waals surface area contributed by atoms with Gasteiger partial charge in [0.2, 0.25) is 5.91 Å². The van der Waals surface area contributed by atoms with E-state index in [1.807, 2.05) is 37.2 Å². The minimum absolute atomic E-state index is 0.0550. The van der Waals surface area contributed by atoms with Crippen LogP contribution in [0.25, 0.3) is 5.69 Å². The predicted molar refractivity (Wildman–Crippen MR) is 149 cm³/mol. The van der Waals surface area contributed by atoms with Crippen molar-refractivity contribution < 1.29 is 14.4 Å². The zero-order valence-corrected chi connectivity index (χ0v) is 23.2. The second-order valence-corrected chi connectivity index (χ2v) is 12.5. The molecule has 2 aromatic rings. The number of likely N-dealkylation sites (N-methyl/N-ethyl adjacent to an activating group) is 1. The monoisotopic (exact) mass is 519 g/mol. The second-order valence-electron chi connectivity index (χ2n) is 12.5. The molecule has 1 heterocycles. The van der Waals surface area contributed by atoms with Crippen molar-refractivity contribution in [2.75, 3.05) is 26.0 Å². The molecule has 8 nitrogen and oxygen atoms in total. The molecule has 3 aliphatic carbocycles. The third-order valence-corrected chi connectivity index (χ3v) is 8.32. The number of aromatic nitrogens is 1. The summed E-state index contributed by atoms with van der Waals surface area (Å²) in [5.74, 6) is -0.145. The number of rotatable bonds is 7. The Morgan fingerprint density at radius 2 is 1.76 bits per heavy atom. The number of nitrogens with one attached hydrogen (secondary N) is 2. The number of carbonyl (C=O) groups excluding carboxylic acids is 3. The molecule has 1 aromatic carbocycles. The van der Waals surface area contributed by atoms with E-state index in [4.69, 9.17) is 5.73 Å². The fourth-order valence-corrected chi connectivity index (χ4v) is 6.71. The van der Waals surface area contributed by atoms with Crippen molar-refractivity contribution in [3.05, 3.63) is 46.3 Å². The minimum Gasteiger partial charge on any atom is -0.382 e. The average molecular weight is 520 g/mol. The second kappa shape index (κ2) is 10.2. The molecule has 1 aromatic heterocycles. The van der Waals surface area contributed by atoms with Crippen molar-refractivity contribution in [3.8, 4) is 5.69 Å². The SMILES string of the molecule is CN(C)CC(=O)N[C@H]1CC[C@H](Nc2cc(-n3c4c(c5c3CC(C)(C)CC5=O)CCC4)ccc2C(N)=O)CC1. The summed E-state index contributed by atoms with van der Waals surface area (Å²) in [4.78, 5) is 39.6. The number of hydrogen-bond donors (Lipinski definition) is 3. The van der Waals surface area contributed by atoms with Gasteiger partial charge < -0.3 is 25.8 Å². The van der Waals surface area contributed by atoms with Crippen LogP contribution in [0.2, 0.25) is 0 Å². The van der Waals surface area contributed by atoms with Crippen LogP contribution in [-0.2, 0) is 24.1 Å². The van der Waals surface area contributed by atoms with Gasteiger partial charge in [-0.2, -0.15) is 0 Å². The highest BCUT2D eigenvalue weighted by molar-refractivity contribution is 6.01. The molecule has 1 fully saturated rings. The topological polar surface area (TPSA) is 109 Å². The molecule has 0 radical (unpaired) electrons. The summed E-state index contributed by atoms with van der Waals surface area (Å²) >= 11 is 0. The van der Waals surface area contributed by atoms with Gasteiger partial charge >= 0.3 is 0 Å². The van der Waals surface area contributed by atoms with Crippen molar-refractivity contribution in [1.29, 1.82) is 0 Å². The Morgan fingerprint density at radius 3 is 2.45 bits per heavy atom. The molecule has 0 spiro atoms. The largest absolute Gasteiger partial charge is 0.382 e. The van der Waals surface area contributed by atoms with Crippen LogP contribution in [-0.4, -0.2) is 59.8 Å². The summed E-state index contributed by atoms with van der Waals surface area (Å²) in [6.07, 6.45) is 7.98. The fraction of sp³-hybridized carbons (Fsp3) is 0.567. The maximum absolute atomic E-state index is 13.2. The number of benzene rings is 1. The molecule has 0 unspecified atom stereocenters. The van der Waals surface area contributed by atoms with Crippen molar-refractivity contribution in [3.63, 3.8) is 0 Å². The number of anilines is 1. The van der Waals surface area contributed by atoms with E-state index in [-0.39, 0.29) is 29.2 Å². The van der Waals surface area contributed by atoms with Gasteiger partial charge in [-0.1, -0.05) is 13.8 Å². The van der Waals surface area contributed by atoms with Gasteiger partial charge in [-0.25, -0.2) is 0 Å². The molecule has 0 aliphatic heterocycles. The van der Waals surface area contributed by atoms with Gasteiger partial charge in [-0.3, -0.25) is 14.4 Å². The molecule has 0 bridgehead atoms. The van der Waals surface area contributed by atoms with Crippen LogP contribution >= 0.6 is 0 Å². The normalized spacial score (nSPS) is 22.2. The maximum Gasteiger partial charge on any atom is 0.250 e. The van der Waals surface area contributed by atoms with Gasteiger partial charge in [0, 0.05) is 46.8 Å². The van der Waals surface area contributed by atoms with E-state index >= 15 is 0 Å². The number of nitrogens with zero attached hydrogens (tertiary/aromatic N) is 2. The molecule has 1 saturated carbocycles. The van der Waals surface area contributed by atoms with Crippen LogP contribution < -0.4 is 16.4 Å². The van der Waals surface area contributed by atoms with E-state index < -0.39 is 5.91 Å². The first kappa shape index (κ1) is 26.5. The van der Waals surface area contributed by atoms with Crippen LogP contribution in [0.3, 0.4) is 0 Å². The Hall–Kier alpha value is -3.13. The summed E-state index contributed by atoms with van der Waals surface area (Å²) in [5, 5.41) is 6.75. The fourth-order valence-electron chi connectivity index (χ4n) is 6.71. The van der Waals surface area contributed by atoms with Gasteiger partial charge in [-0.15, -0.1) is 0 Å². The molecule has 2 amide bonds. The van der Waals surface area contributed by atoms with Crippen molar-refractivity contribution in [1.82, 2.24) is 14.8 Å². The van der Waals surface area contributed by atoms with E-state index in [0.717, 1.165) is 74.0 Å². The van der Waals surface area contributed by atoms with E-state index in [2.05, 4.69) is 29.0 Å². The van der Waals surface area contributed by atoms with E-state index in [1.165, 1.54) is 11.3 Å². The number of ketones is 1. The Morgan fingerprint density at radius 1 is 1.05 bits per heavy atom. The number of Topliss-reactive ketones (excluding diaryl/α,β-unsaturated/α-hetero) is 1. The summed E-state index contributed by atoms with van der Waals surface area (Å²) < 4.78 is 2.30. The smallest absolute Gasteiger partial charge is 0.250 e. The van der Waals surface area contributed by atoms with Crippen LogP contribution in [0.5, 0.6) is 0 Å². The standard InChI is InChI=1S/C30H41N5O3/c1-30(2)15-25-28(26(36)16-30)22-6-5-7-24(22)35(25)20-12-13-21(29(31)38)23(14-20)32-18-8-10-19(11-9-18)33-27(37)17-34(3)4/h12-14,18-19,32H,5-11,15-17H2,1-4H3,(H2,31,38)(H,33,37)/t18-,19-. The van der Waals surface area contributed by atoms with Crippen molar-refractivity contribution >= 4 is 23.3 Å². The molecular formula is C30H41N5O3. The molecule has 204 valence electrons. The zero-order chi connectivity index (χ0) is 27.2. The maximum atomic E-state index is 13.2. The molecule has 0 saturated heterocycles. The first-order chi connectivity index (χ1) is 18.0. The lowest BCUT2D eigenvalue weighted by atomic mass is 9.75. The lowest BCUT2D eigenvalue weighted by Gasteiger charge is -2.32. The molecule has 0 atom stereocenters. The Kier molecular flexibility index (Phi) is 7.11. The van der Waals surface area contributed by atoms with Gasteiger partial charge in [-0.05, 0) is 94.6 Å². The first-order valence-corrected chi connectivity index (χ1v) is 14.0. The van der Waals surface area contributed by atoms with Crippen LogP contribution in [0.1, 0.15) is 90.0 Å². The Balaban J connectivity index is 1.40. The van der Waals surface area contributed by atoms with Crippen molar-refractivity contribution in [2.45, 2.75) is 83.7 Å². The lowest BCUT2D eigenvalue weighted by molar-refractivity contribution is -0.122. The molecule has 4 N–H and O–H groups in total. The summed E-state index contributed by atoms with van der Waals surface area (Å²) in [6.45, 7) is 4.72. The van der Waals surface area contributed by atoms with Crippen molar-refractivity contribution in [2.24, 2.45) is 11.1 Å². The summed E-state index contributed by atoms with van der Waals surface area (Å²) in [7, 11) is 3.78. The Bertz CT molecular complexity index is 1270. The minimum atomic E-state index is -0.459. The van der Waals surface area contributed by atoms with E-state index in [0.29, 0.717) is 18.5 Å². The van der Waals surface area contributed by atoms with Gasteiger partial charge in [0.25, 0.3) is 5.91 Å². The summed E-state index contributed by atoms with van der Waals surface area (Å²) in [6, 6.07) is 6.19. The van der Waals surface area contributed by atoms with Gasteiger partial charge in [0.1, 0.15) is 0 Å². The average Bonchev–Trinajstić information content (AvgIpc) is 3.39. The van der Waals surface area contributed by atoms with Gasteiger partial charge in [0.05, 0.1) is 12.1 Å². The third kappa shape index (κ3) is 5.23. The summed E-state index contributed by atoms with van der Waals surface area (Å²) in [5.41, 5.74) is 12.4. The number of carbonyl (C=O) groups is 3. The number of amides is 2. The highest BCUT2D eigenvalue weighted by atomic mass is 16.2. The molecular weight excluding hydrogens is 478 g/mol. The number of fused-ring (bicyclic) bond motifs is 3. The highest BCUT2D eigenvalue weighted by Gasteiger charge is 2.39. The van der Waals surface area contributed by atoms with Crippen LogP contribution in [0.4, 0.5) is 5.69 Å². The molecule has 38 heavy (non-hydrogen) atoms. The van der Waals surface area contributed by atoms with Gasteiger partial charge in [0.15, 0.2) is 5.78 Å². The lowest BCUT2D eigenvalue weighted by Crippen LogP contribution is -2.43. The molecule has 3 aliphatic rings. The zero-order valence-electron chi connectivity index (χ0n) is 23.2. The number of hydrogen-bond acceptors (Lipinski definition) is 5. The molecule has 5 rings (SSSR count). The molecule has 8 heteroatoms. The van der Waals surface area contributed by atoms with E-state index in [9.17, 15) is 14.4 Å². The predicted octanol–water partition coefficient (Wildman–Crippen LogP) is 3.62. The highest BCUT2D eigenvalue weighted by Crippen LogP contribution is 2.43. The quantitative estimate of drug-likeness (QED) is 0.518. The third-order valence-electron chi connectivity index (χ3n) is 8.32.